The Balaban J connectivity index is 1.73. The molecule has 1 saturated heterocycles. The molecule has 0 spiro atoms. The van der Waals surface area contributed by atoms with Gasteiger partial charge in [0.15, 0.2) is 0 Å². The monoisotopic (exact) mass is 353 g/mol. The van der Waals surface area contributed by atoms with Crippen LogP contribution in [0.25, 0.3) is 11.4 Å². The van der Waals surface area contributed by atoms with Crippen molar-refractivity contribution in [2.75, 3.05) is 19.6 Å². The molecule has 1 unspecified atom stereocenters. The van der Waals surface area contributed by atoms with Crippen molar-refractivity contribution < 1.29 is 14.4 Å². The van der Waals surface area contributed by atoms with Crippen LogP contribution in [0, 0.1) is 12.8 Å². The lowest BCUT2D eigenvalue weighted by Crippen LogP contribution is -2.29. The highest BCUT2D eigenvalue weighted by Gasteiger charge is 2.26. The highest BCUT2D eigenvalue weighted by molar-refractivity contribution is 6.30. The number of nitrogens with zero attached hydrogens (tertiary/aromatic N) is 4. The first kappa shape index (κ1) is 16.8. The van der Waals surface area contributed by atoms with E-state index in [1.165, 1.54) is 0 Å². The molecule has 0 bridgehead atoms. The molecule has 0 aliphatic carbocycles. The molecule has 24 heavy (non-hydrogen) atoms. The summed E-state index contributed by atoms with van der Waals surface area (Å²) in [7, 11) is 1.80. The van der Waals surface area contributed by atoms with E-state index in [0.717, 1.165) is 36.5 Å². The lowest BCUT2D eigenvalue weighted by Gasteiger charge is -2.16. The average molecular weight is 354 g/mol. The minimum absolute atomic E-state index is 0.314. The number of carboxylic acid groups (broad SMARTS) is 1. The van der Waals surface area contributed by atoms with Crippen LogP contribution in [0.4, 0.5) is 4.79 Å². The number of hydrogen-bond donors (Lipinski definition) is 2. The normalized spacial score (nSPS) is 18.2. The number of likely N-dealkylation sites (tertiary alicyclic amines) is 1. The molecule has 0 aromatic carbocycles. The van der Waals surface area contributed by atoms with Gasteiger partial charge in [-0.05, 0) is 25.8 Å². The van der Waals surface area contributed by atoms with E-state index >= 15 is 0 Å². The summed E-state index contributed by atoms with van der Waals surface area (Å²) in [6, 6.07) is 1.84. The maximum atomic E-state index is 10.6. The van der Waals surface area contributed by atoms with Gasteiger partial charge in [-0.2, -0.15) is 5.10 Å². The van der Waals surface area contributed by atoms with Gasteiger partial charge < -0.3 is 14.9 Å². The van der Waals surface area contributed by atoms with Crippen molar-refractivity contribution in [3.05, 3.63) is 22.5 Å². The third-order valence-corrected chi connectivity index (χ3v) is 4.71. The summed E-state index contributed by atoms with van der Waals surface area (Å²) in [5.74, 6) is 1.04. The summed E-state index contributed by atoms with van der Waals surface area (Å²) in [5.41, 5.74) is 2.32. The zero-order valence-corrected chi connectivity index (χ0v) is 14.4. The molecule has 2 aromatic rings. The fourth-order valence-corrected chi connectivity index (χ4v) is 3.24. The SMILES string of the molecule is Cc1cc(-c2nn(C)c(Cl)c2CN2CCC(CNC(=O)O)C2)no1. The fraction of sp³-hybridized carbons (Fsp3) is 0.533. The molecule has 3 rings (SSSR count). The van der Waals surface area contributed by atoms with E-state index in [0.29, 0.717) is 29.9 Å². The summed E-state index contributed by atoms with van der Waals surface area (Å²) < 4.78 is 6.78. The van der Waals surface area contributed by atoms with E-state index in [-0.39, 0.29) is 0 Å². The van der Waals surface area contributed by atoms with Crippen LogP contribution in [-0.2, 0) is 13.6 Å². The molecule has 8 nitrogen and oxygen atoms in total. The topological polar surface area (TPSA) is 96.4 Å². The highest BCUT2D eigenvalue weighted by Crippen LogP contribution is 2.30. The number of aryl methyl sites for hydroxylation is 2. The van der Waals surface area contributed by atoms with Gasteiger partial charge in [-0.15, -0.1) is 0 Å². The Labute approximate surface area is 144 Å². The Morgan fingerprint density at radius 2 is 2.38 bits per heavy atom. The largest absolute Gasteiger partial charge is 0.465 e. The van der Waals surface area contributed by atoms with E-state index < -0.39 is 6.09 Å². The molecular formula is C15H20ClN5O3. The van der Waals surface area contributed by atoms with Crippen LogP contribution in [0.15, 0.2) is 10.6 Å². The Morgan fingerprint density at radius 1 is 1.58 bits per heavy atom. The van der Waals surface area contributed by atoms with Gasteiger partial charge in [0.2, 0.25) is 0 Å². The van der Waals surface area contributed by atoms with Crippen LogP contribution in [0.5, 0.6) is 0 Å². The van der Waals surface area contributed by atoms with Gasteiger partial charge in [0.05, 0.1) is 0 Å². The van der Waals surface area contributed by atoms with E-state index in [1.54, 1.807) is 11.7 Å². The minimum Gasteiger partial charge on any atom is -0.465 e. The van der Waals surface area contributed by atoms with Gasteiger partial charge in [0.25, 0.3) is 0 Å². The van der Waals surface area contributed by atoms with Crippen LogP contribution in [0.3, 0.4) is 0 Å². The second-order valence-corrected chi connectivity index (χ2v) is 6.50. The molecule has 130 valence electrons. The number of carbonyl (C=O) groups is 1. The first-order valence-electron chi connectivity index (χ1n) is 7.78. The summed E-state index contributed by atoms with van der Waals surface area (Å²) in [4.78, 5) is 12.9. The Kier molecular flexibility index (Phi) is 4.77. The summed E-state index contributed by atoms with van der Waals surface area (Å²) >= 11 is 6.41. The lowest BCUT2D eigenvalue weighted by molar-refractivity contribution is 0.192. The number of nitrogens with one attached hydrogen (secondary N) is 1. The number of amides is 1. The molecule has 0 radical (unpaired) electrons. The van der Waals surface area contributed by atoms with E-state index in [9.17, 15) is 4.79 Å². The van der Waals surface area contributed by atoms with Crippen LogP contribution in [0.1, 0.15) is 17.7 Å². The maximum absolute atomic E-state index is 10.6. The quantitative estimate of drug-likeness (QED) is 0.854. The molecule has 1 fully saturated rings. The molecule has 1 aliphatic rings. The third-order valence-electron chi connectivity index (χ3n) is 4.23. The Morgan fingerprint density at radius 3 is 3.04 bits per heavy atom. The van der Waals surface area contributed by atoms with Crippen LogP contribution >= 0.6 is 11.6 Å². The molecule has 9 heteroatoms. The van der Waals surface area contributed by atoms with Crippen LogP contribution < -0.4 is 5.32 Å². The Hall–Kier alpha value is -2.06. The van der Waals surface area contributed by atoms with Crippen molar-refractivity contribution in [1.29, 1.82) is 0 Å². The predicted octanol–water partition coefficient (Wildman–Crippen LogP) is 2.13. The molecule has 1 aliphatic heterocycles. The summed E-state index contributed by atoms with van der Waals surface area (Å²) in [6.45, 7) is 4.68. The molecular weight excluding hydrogens is 334 g/mol. The second-order valence-electron chi connectivity index (χ2n) is 6.14. The average Bonchev–Trinajstić information content (AvgIpc) is 3.22. The van der Waals surface area contributed by atoms with Crippen molar-refractivity contribution >= 4 is 17.7 Å². The zero-order chi connectivity index (χ0) is 17.3. The van der Waals surface area contributed by atoms with Gasteiger partial charge in [-0.3, -0.25) is 9.58 Å². The van der Waals surface area contributed by atoms with Gasteiger partial charge in [-0.1, -0.05) is 16.8 Å². The summed E-state index contributed by atoms with van der Waals surface area (Å²) in [5, 5.41) is 20.2. The lowest BCUT2D eigenvalue weighted by atomic mass is 10.1. The van der Waals surface area contributed by atoms with Crippen molar-refractivity contribution in [1.82, 2.24) is 25.2 Å². The van der Waals surface area contributed by atoms with E-state index in [1.807, 2.05) is 13.0 Å². The molecule has 2 aromatic heterocycles. The standard InChI is InChI=1S/C15H20ClN5O3/c1-9-5-12(19-24-9)13-11(14(16)20(2)18-13)8-21-4-3-10(7-21)6-17-15(22)23/h5,10,17H,3-4,6-8H2,1-2H3,(H,22,23). The second kappa shape index (κ2) is 6.82. The third kappa shape index (κ3) is 3.54. The fourth-order valence-electron chi connectivity index (χ4n) is 3.05. The number of rotatable bonds is 5. The number of aromatic nitrogens is 3. The van der Waals surface area contributed by atoms with Gasteiger partial charge >= 0.3 is 6.09 Å². The highest BCUT2D eigenvalue weighted by atomic mass is 35.5. The molecule has 0 saturated carbocycles. The van der Waals surface area contributed by atoms with Crippen molar-refractivity contribution in [3.8, 4) is 11.4 Å². The Bertz CT molecular complexity index is 742. The molecule has 3 heterocycles. The molecule has 1 amide bonds. The van der Waals surface area contributed by atoms with Gasteiger partial charge in [-0.25, -0.2) is 4.79 Å². The predicted molar refractivity (Wildman–Crippen MR) is 87.9 cm³/mol. The minimum atomic E-state index is -0.979. The first-order chi connectivity index (χ1) is 11.4. The maximum Gasteiger partial charge on any atom is 0.404 e. The van der Waals surface area contributed by atoms with Crippen molar-refractivity contribution in [2.45, 2.75) is 19.9 Å². The molecule has 1 atom stereocenters. The zero-order valence-electron chi connectivity index (χ0n) is 13.6. The smallest absolute Gasteiger partial charge is 0.404 e. The van der Waals surface area contributed by atoms with Gasteiger partial charge in [0.1, 0.15) is 22.3 Å². The number of hydrogen-bond acceptors (Lipinski definition) is 5. The van der Waals surface area contributed by atoms with Crippen molar-refractivity contribution in [2.24, 2.45) is 13.0 Å². The van der Waals surface area contributed by atoms with Crippen LogP contribution in [0.2, 0.25) is 5.15 Å². The summed E-state index contributed by atoms with van der Waals surface area (Å²) in [6.07, 6.45) is -0.0243. The van der Waals surface area contributed by atoms with Crippen molar-refractivity contribution in [3.63, 3.8) is 0 Å². The van der Waals surface area contributed by atoms with Gasteiger partial charge in [0, 0.05) is 38.3 Å². The first-order valence-corrected chi connectivity index (χ1v) is 8.16. The van der Waals surface area contributed by atoms with Crippen LogP contribution in [-0.4, -0.2) is 50.7 Å². The van der Waals surface area contributed by atoms with E-state index in [2.05, 4.69) is 20.5 Å². The number of halogens is 1. The van der Waals surface area contributed by atoms with E-state index in [4.69, 9.17) is 21.2 Å². The molecule has 2 N–H and O–H groups in total.